The first-order valence-corrected chi connectivity index (χ1v) is 7.49. The number of nitrogens with zero attached hydrogens (tertiary/aromatic N) is 1. The first kappa shape index (κ1) is 14.3. The number of rotatable bonds is 1. The number of thiazole rings is 1. The molecule has 0 saturated carbocycles. The summed E-state index contributed by atoms with van der Waals surface area (Å²) in [7, 11) is 0. The zero-order chi connectivity index (χ0) is 15.2. The van der Waals surface area contributed by atoms with E-state index in [4.69, 9.17) is 5.73 Å². The highest BCUT2D eigenvalue weighted by Gasteiger charge is 2.30. The number of nitrogens with two attached hydrogens (primary N) is 1. The third kappa shape index (κ3) is 2.75. The molecule has 0 unspecified atom stereocenters. The number of benzene rings is 2. The van der Waals surface area contributed by atoms with E-state index in [9.17, 15) is 13.2 Å². The summed E-state index contributed by atoms with van der Waals surface area (Å²) in [5, 5.41) is 0.642. The van der Waals surface area contributed by atoms with Crippen LogP contribution >= 0.6 is 27.3 Å². The lowest BCUT2D eigenvalue weighted by Gasteiger charge is -2.04. The van der Waals surface area contributed by atoms with Gasteiger partial charge in [0.05, 0.1) is 15.8 Å². The molecule has 1 aromatic heterocycles. The average molecular weight is 373 g/mol. The Morgan fingerprint density at radius 3 is 2.52 bits per heavy atom. The molecule has 0 bridgehead atoms. The zero-order valence-electron chi connectivity index (χ0n) is 10.4. The van der Waals surface area contributed by atoms with Crippen LogP contribution in [0.2, 0.25) is 0 Å². The summed E-state index contributed by atoms with van der Waals surface area (Å²) in [5.74, 6) is 0. The topological polar surface area (TPSA) is 38.9 Å². The van der Waals surface area contributed by atoms with Gasteiger partial charge in [0.15, 0.2) is 0 Å². The van der Waals surface area contributed by atoms with Crippen LogP contribution in [0.25, 0.3) is 20.8 Å². The molecule has 2 N–H and O–H groups in total. The third-order valence-electron chi connectivity index (χ3n) is 2.96. The number of hydrogen-bond acceptors (Lipinski definition) is 3. The fourth-order valence-electron chi connectivity index (χ4n) is 1.90. The molecule has 0 saturated heterocycles. The predicted octanol–water partition coefficient (Wildman–Crippen LogP) is 5.33. The number of alkyl halides is 3. The van der Waals surface area contributed by atoms with Gasteiger partial charge in [0, 0.05) is 15.7 Å². The van der Waals surface area contributed by atoms with E-state index < -0.39 is 11.7 Å². The molecule has 108 valence electrons. The largest absolute Gasteiger partial charge is 0.416 e. The summed E-state index contributed by atoms with van der Waals surface area (Å²) in [5.41, 5.74) is 6.80. The fourth-order valence-corrected chi connectivity index (χ4v) is 3.09. The number of hydrogen-bond donors (Lipinski definition) is 1. The van der Waals surface area contributed by atoms with E-state index in [1.165, 1.54) is 17.4 Å². The van der Waals surface area contributed by atoms with E-state index in [2.05, 4.69) is 20.9 Å². The van der Waals surface area contributed by atoms with Gasteiger partial charge in [-0.3, -0.25) is 0 Å². The molecule has 3 aromatic rings. The normalized spacial score (nSPS) is 12.0. The molecule has 0 aliphatic heterocycles. The van der Waals surface area contributed by atoms with Gasteiger partial charge in [-0.15, -0.1) is 11.3 Å². The smallest absolute Gasteiger partial charge is 0.398 e. The van der Waals surface area contributed by atoms with Crippen LogP contribution in [0.5, 0.6) is 0 Å². The van der Waals surface area contributed by atoms with Gasteiger partial charge in [0.2, 0.25) is 0 Å². The maximum atomic E-state index is 12.7. The number of aromatic nitrogens is 1. The molecule has 0 radical (unpaired) electrons. The minimum Gasteiger partial charge on any atom is -0.398 e. The van der Waals surface area contributed by atoms with Gasteiger partial charge >= 0.3 is 6.18 Å². The van der Waals surface area contributed by atoms with Gasteiger partial charge in [-0.05, 0) is 46.3 Å². The quantitative estimate of drug-likeness (QED) is 0.586. The lowest BCUT2D eigenvalue weighted by atomic mass is 10.2. The van der Waals surface area contributed by atoms with E-state index in [1.807, 2.05) is 6.07 Å². The number of fused-ring (bicyclic) bond motifs is 1. The van der Waals surface area contributed by atoms with Crippen LogP contribution in [0.1, 0.15) is 5.56 Å². The summed E-state index contributed by atoms with van der Waals surface area (Å²) < 4.78 is 39.6. The average Bonchev–Trinajstić information content (AvgIpc) is 2.83. The molecule has 0 aliphatic rings. The number of anilines is 1. The van der Waals surface area contributed by atoms with E-state index in [1.54, 1.807) is 12.1 Å². The molecule has 7 heteroatoms. The Kier molecular flexibility index (Phi) is 3.41. The standard InChI is InChI=1S/C14H8BrF3N2S/c15-9-3-1-7(5-10(9)19)13-20-11-6-8(14(16,17)18)2-4-12(11)21-13/h1-6H,19H2. The Morgan fingerprint density at radius 1 is 1.10 bits per heavy atom. The van der Waals surface area contributed by atoms with Gasteiger partial charge in [0.1, 0.15) is 5.01 Å². The van der Waals surface area contributed by atoms with Crippen molar-refractivity contribution in [3.8, 4) is 10.6 Å². The van der Waals surface area contributed by atoms with E-state index >= 15 is 0 Å². The minimum absolute atomic E-state index is 0.339. The lowest BCUT2D eigenvalue weighted by molar-refractivity contribution is -0.137. The molecule has 3 rings (SSSR count). The highest BCUT2D eigenvalue weighted by molar-refractivity contribution is 9.10. The molecule has 2 nitrogen and oxygen atoms in total. The summed E-state index contributed by atoms with van der Waals surface area (Å²) >= 11 is 4.64. The maximum Gasteiger partial charge on any atom is 0.416 e. The second-order valence-corrected chi connectivity index (χ2v) is 6.32. The summed E-state index contributed by atoms with van der Waals surface area (Å²) in [6.07, 6.45) is -4.36. The number of nitrogen functional groups attached to an aromatic ring is 1. The number of halogens is 4. The Hall–Kier alpha value is -1.60. The Labute approximate surface area is 130 Å². The molecule has 0 atom stereocenters. The summed E-state index contributed by atoms with van der Waals surface area (Å²) in [6, 6.07) is 8.94. The minimum atomic E-state index is -4.36. The fraction of sp³-hybridized carbons (Fsp3) is 0.0714. The molecule has 1 heterocycles. The van der Waals surface area contributed by atoms with Gasteiger partial charge in [-0.1, -0.05) is 6.07 Å². The van der Waals surface area contributed by atoms with Crippen molar-refractivity contribution in [2.24, 2.45) is 0 Å². The molecule has 2 aromatic carbocycles. The second kappa shape index (κ2) is 4.99. The van der Waals surface area contributed by atoms with Crippen LogP contribution in [0.3, 0.4) is 0 Å². The highest BCUT2D eigenvalue weighted by atomic mass is 79.9. The Bertz CT molecular complexity index is 827. The van der Waals surface area contributed by atoms with Gasteiger partial charge in [-0.25, -0.2) is 4.98 Å². The van der Waals surface area contributed by atoms with Gasteiger partial charge in [0.25, 0.3) is 0 Å². The van der Waals surface area contributed by atoms with Crippen molar-refractivity contribution in [3.63, 3.8) is 0 Å². The maximum absolute atomic E-state index is 12.7. The van der Waals surface area contributed by atoms with Crippen molar-refractivity contribution >= 4 is 43.2 Å². The summed E-state index contributed by atoms with van der Waals surface area (Å²) in [6.45, 7) is 0. The third-order valence-corrected chi connectivity index (χ3v) is 4.77. The van der Waals surface area contributed by atoms with Crippen LogP contribution in [0, 0.1) is 0 Å². The molecule has 0 spiro atoms. The van der Waals surface area contributed by atoms with Gasteiger partial charge < -0.3 is 5.73 Å². The zero-order valence-corrected chi connectivity index (χ0v) is 12.8. The molecule has 21 heavy (non-hydrogen) atoms. The first-order valence-electron chi connectivity index (χ1n) is 5.88. The van der Waals surface area contributed by atoms with Crippen LogP contribution in [0.15, 0.2) is 40.9 Å². The second-order valence-electron chi connectivity index (χ2n) is 4.44. The summed E-state index contributed by atoms with van der Waals surface area (Å²) in [4.78, 5) is 4.28. The van der Waals surface area contributed by atoms with Crippen LogP contribution < -0.4 is 5.73 Å². The van der Waals surface area contributed by atoms with Crippen LogP contribution in [-0.4, -0.2) is 4.98 Å². The van der Waals surface area contributed by atoms with E-state index in [-0.39, 0.29) is 0 Å². The molecular formula is C14H8BrF3N2S. The molecule has 0 aliphatic carbocycles. The van der Waals surface area contributed by atoms with E-state index in [0.717, 1.165) is 22.2 Å². The van der Waals surface area contributed by atoms with Crippen molar-refractivity contribution in [2.45, 2.75) is 6.18 Å². The van der Waals surface area contributed by atoms with Crippen LogP contribution in [0.4, 0.5) is 18.9 Å². The SMILES string of the molecule is Nc1cc(-c2nc3cc(C(F)(F)F)ccc3s2)ccc1Br. The molecule has 0 fully saturated rings. The first-order chi connectivity index (χ1) is 9.84. The molecular weight excluding hydrogens is 365 g/mol. The highest BCUT2D eigenvalue weighted by Crippen LogP contribution is 2.36. The van der Waals surface area contributed by atoms with Crippen molar-refractivity contribution in [1.29, 1.82) is 0 Å². The predicted molar refractivity (Wildman–Crippen MR) is 82.2 cm³/mol. The van der Waals surface area contributed by atoms with Gasteiger partial charge in [-0.2, -0.15) is 13.2 Å². The molecule has 0 amide bonds. The monoisotopic (exact) mass is 372 g/mol. The Balaban J connectivity index is 2.10. The van der Waals surface area contributed by atoms with Crippen molar-refractivity contribution in [1.82, 2.24) is 4.98 Å². The van der Waals surface area contributed by atoms with Crippen molar-refractivity contribution in [3.05, 3.63) is 46.4 Å². The Morgan fingerprint density at radius 2 is 1.86 bits per heavy atom. The van der Waals surface area contributed by atoms with Crippen LogP contribution in [-0.2, 0) is 6.18 Å². The van der Waals surface area contributed by atoms with Crippen molar-refractivity contribution < 1.29 is 13.2 Å². The lowest BCUT2D eigenvalue weighted by Crippen LogP contribution is -2.03. The van der Waals surface area contributed by atoms with E-state index in [0.29, 0.717) is 20.9 Å². The van der Waals surface area contributed by atoms with Crippen molar-refractivity contribution in [2.75, 3.05) is 5.73 Å².